The minimum absolute atomic E-state index is 0.0640. The summed E-state index contributed by atoms with van der Waals surface area (Å²) < 4.78 is 26.3. The third-order valence-electron chi connectivity index (χ3n) is 5.91. The molecule has 1 aliphatic rings. The van der Waals surface area contributed by atoms with Gasteiger partial charge in [-0.05, 0) is 44.0 Å². The molecule has 3 rings (SSSR count). The fourth-order valence-corrected chi connectivity index (χ4v) is 5.42. The summed E-state index contributed by atoms with van der Waals surface area (Å²) in [5, 5.41) is 3.31. The highest BCUT2D eigenvalue weighted by atomic mass is 35.5. The van der Waals surface area contributed by atoms with Gasteiger partial charge in [-0.15, -0.1) is 0 Å². The molecule has 0 unspecified atom stereocenters. The van der Waals surface area contributed by atoms with Crippen molar-refractivity contribution in [2.24, 2.45) is 0 Å². The Morgan fingerprint density at radius 3 is 2.38 bits per heavy atom. The average Bonchev–Trinajstić information content (AvgIpc) is 3.01. The number of amides is 3. The lowest BCUT2D eigenvalue weighted by atomic mass is 10.1. The van der Waals surface area contributed by atoms with Crippen LogP contribution in [0.15, 0.2) is 53.4 Å². The van der Waals surface area contributed by atoms with Gasteiger partial charge in [0.05, 0.1) is 5.56 Å². The van der Waals surface area contributed by atoms with Crippen molar-refractivity contribution in [3.8, 4) is 0 Å². The van der Waals surface area contributed by atoms with E-state index in [2.05, 4.69) is 5.32 Å². The fourth-order valence-electron chi connectivity index (χ4n) is 3.65. The topological polar surface area (TPSA) is 104 Å². The van der Waals surface area contributed by atoms with Crippen molar-refractivity contribution in [1.29, 1.82) is 0 Å². The molecule has 182 valence electrons. The Balaban J connectivity index is 1.80. The lowest BCUT2D eigenvalue weighted by Crippen LogP contribution is -2.50. The molecule has 2 aromatic carbocycles. The summed E-state index contributed by atoms with van der Waals surface area (Å²) in [4.78, 5) is 40.0. The van der Waals surface area contributed by atoms with E-state index in [4.69, 9.17) is 11.6 Å². The average molecular weight is 506 g/mol. The first-order valence-electron chi connectivity index (χ1n) is 11.1. The number of hydrogen-bond acceptors (Lipinski definition) is 5. The lowest BCUT2D eigenvalue weighted by molar-refractivity contribution is -0.140. The molecule has 0 saturated heterocycles. The van der Waals surface area contributed by atoms with Crippen LogP contribution in [0.5, 0.6) is 0 Å². The van der Waals surface area contributed by atoms with Gasteiger partial charge in [-0.2, -0.15) is 0 Å². The smallest absolute Gasteiger partial charge is 0.269 e. The van der Waals surface area contributed by atoms with E-state index in [-0.39, 0.29) is 41.9 Å². The van der Waals surface area contributed by atoms with E-state index in [1.807, 2.05) is 13.8 Å². The van der Waals surface area contributed by atoms with Gasteiger partial charge in [-0.1, -0.05) is 48.9 Å². The van der Waals surface area contributed by atoms with Crippen LogP contribution >= 0.6 is 11.6 Å². The molecule has 0 fully saturated rings. The molecule has 0 radical (unpaired) electrons. The quantitative estimate of drug-likeness (QED) is 0.563. The van der Waals surface area contributed by atoms with Crippen molar-refractivity contribution in [2.75, 3.05) is 6.54 Å². The van der Waals surface area contributed by atoms with Gasteiger partial charge >= 0.3 is 0 Å². The van der Waals surface area contributed by atoms with Crippen LogP contribution in [0.4, 0.5) is 0 Å². The molecule has 0 spiro atoms. The number of carbonyl (C=O) groups excluding carboxylic acids is 3. The van der Waals surface area contributed by atoms with E-state index in [1.165, 1.54) is 17.0 Å². The largest absolute Gasteiger partial charge is 0.352 e. The zero-order chi connectivity index (χ0) is 25.0. The minimum Gasteiger partial charge on any atom is -0.352 e. The molecule has 1 aliphatic heterocycles. The number of hydrogen-bond donors (Lipinski definition) is 1. The van der Waals surface area contributed by atoms with Crippen LogP contribution in [0.1, 0.15) is 49.5 Å². The summed E-state index contributed by atoms with van der Waals surface area (Å²) >= 11 is 6.28. The van der Waals surface area contributed by atoms with E-state index in [9.17, 15) is 22.8 Å². The van der Waals surface area contributed by atoms with Gasteiger partial charge in [0, 0.05) is 30.6 Å². The Labute approximate surface area is 204 Å². The van der Waals surface area contributed by atoms with Gasteiger partial charge in [0.25, 0.3) is 15.9 Å². The first-order chi connectivity index (χ1) is 16.1. The van der Waals surface area contributed by atoms with Crippen molar-refractivity contribution in [1.82, 2.24) is 14.5 Å². The van der Waals surface area contributed by atoms with E-state index in [0.717, 1.165) is 6.42 Å². The Morgan fingerprint density at radius 2 is 1.74 bits per heavy atom. The van der Waals surface area contributed by atoms with E-state index in [0.29, 0.717) is 14.9 Å². The van der Waals surface area contributed by atoms with Crippen LogP contribution in [0, 0.1) is 0 Å². The molecule has 2 atom stereocenters. The predicted molar refractivity (Wildman–Crippen MR) is 129 cm³/mol. The van der Waals surface area contributed by atoms with Crippen LogP contribution in [-0.4, -0.2) is 54.0 Å². The molecular formula is C24H28ClN3O5S. The van der Waals surface area contributed by atoms with Crippen molar-refractivity contribution < 1.29 is 22.8 Å². The first kappa shape index (κ1) is 25.7. The molecule has 2 aromatic rings. The summed E-state index contributed by atoms with van der Waals surface area (Å²) in [7, 11) is -4.03. The summed E-state index contributed by atoms with van der Waals surface area (Å²) in [6, 6.07) is 12.0. The zero-order valence-electron chi connectivity index (χ0n) is 19.3. The van der Waals surface area contributed by atoms with Crippen molar-refractivity contribution in [3.05, 3.63) is 64.7 Å². The lowest BCUT2D eigenvalue weighted by Gasteiger charge is -2.30. The second kappa shape index (κ2) is 10.6. The third-order valence-corrected chi connectivity index (χ3v) is 8.12. The Hall–Kier alpha value is -2.91. The number of sulfonamides is 1. The maximum absolute atomic E-state index is 13.3. The number of rotatable bonds is 9. The molecule has 0 aromatic heterocycles. The van der Waals surface area contributed by atoms with Gasteiger partial charge < -0.3 is 10.2 Å². The second-order valence-corrected chi connectivity index (χ2v) is 10.5. The van der Waals surface area contributed by atoms with Crippen LogP contribution in [-0.2, 0) is 26.2 Å². The third kappa shape index (κ3) is 5.26. The van der Waals surface area contributed by atoms with Gasteiger partial charge in [-0.3, -0.25) is 14.4 Å². The SMILES string of the molecule is CC[C@H](C)NC(=O)[C@@H](C)N(Cc1ccccc1Cl)C(=O)CCN1C(=O)c2ccccc2S1(=O)=O. The molecule has 3 amide bonds. The summed E-state index contributed by atoms with van der Waals surface area (Å²) in [5.74, 6) is -1.46. The predicted octanol–water partition coefficient (Wildman–Crippen LogP) is 3.21. The number of halogens is 1. The van der Waals surface area contributed by atoms with Crippen molar-refractivity contribution in [2.45, 2.75) is 57.1 Å². The van der Waals surface area contributed by atoms with E-state index in [1.54, 1.807) is 43.3 Å². The number of fused-ring (bicyclic) bond motifs is 1. The highest BCUT2D eigenvalue weighted by Crippen LogP contribution is 2.30. The number of nitrogens with one attached hydrogen (secondary N) is 1. The minimum atomic E-state index is -4.03. The van der Waals surface area contributed by atoms with Gasteiger partial charge in [-0.25, -0.2) is 12.7 Å². The van der Waals surface area contributed by atoms with Gasteiger partial charge in [0.1, 0.15) is 10.9 Å². The van der Waals surface area contributed by atoms with Crippen molar-refractivity contribution in [3.63, 3.8) is 0 Å². The van der Waals surface area contributed by atoms with Crippen LogP contribution in [0.2, 0.25) is 5.02 Å². The monoisotopic (exact) mass is 505 g/mol. The number of benzene rings is 2. The Kier molecular flexibility index (Phi) is 7.99. The normalized spacial score (nSPS) is 16.0. The molecule has 0 aliphatic carbocycles. The zero-order valence-corrected chi connectivity index (χ0v) is 20.9. The molecular weight excluding hydrogens is 478 g/mol. The van der Waals surface area contributed by atoms with E-state index >= 15 is 0 Å². The second-order valence-electron chi connectivity index (χ2n) is 8.24. The molecule has 34 heavy (non-hydrogen) atoms. The molecule has 10 heteroatoms. The van der Waals surface area contributed by atoms with Crippen LogP contribution in [0.25, 0.3) is 0 Å². The molecule has 1 N–H and O–H groups in total. The Morgan fingerprint density at radius 1 is 1.09 bits per heavy atom. The molecule has 0 bridgehead atoms. The van der Waals surface area contributed by atoms with Crippen LogP contribution in [0.3, 0.4) is 0 Å². The van der Waals surface area contributed by atoms with Crippen molar-refractivity contribution >= 4 is 39.3 Å². The van der Waals surface area contributed by atoms with Gasteiger partial charge in [0.2, 0.25) is 11.8 Å². The van der Waals surface area contributed by atoms with Gasteiger partial charge in [0.15, 0.2) is 0 Å². The summed E-state index contributed by atoms with van der Waals surface area (Å²) in [6.07, 6.45) is 0.455. The fraction of sp³-hybridized carbons (Fsp3) is 0.375. The maximum Gasteiger partial charge on any atom is 0.269 e. The summed E-state index contributed by atoms with van der Waals surface area (Å²) in [5.41, 5.74) is 0.738. The molecule has 8 nitrogen and oxygen atoms in total. The Bertz CT molecular complexity index is 1200. The summed E-state index contributed by atoms with van der Waals surface area (Å²) in [6.45, 7) is 5.15. The number of carbonyl (C=O) groups is 3. The molecule has 0 saturated carbocycles. The molecule has 1 heterocycles. The number of nitrogens with zero attached hydrogens (tertiary/aromatic N) is 2. The highest BCUT2D eigenvalue weighted by molar-refractivity contribution is 7.90. The standard InChI is InChI=1S/C24H28ClN3O5S/c1-4-16(2)26-23(30)17(3)27(15-18-9-5-7-11-20(18)25)22(29)13-14-28-24(31)19-10-6-8-12-21(19)34(28,32)33/h5-12,16-17H,4,13-15H2,1-3H3,(H,26,30)/t16-,17+/m0/s1. The van der Waals surface area contributed by atoms with E-state index < -0.39 is 27.9 Å². The van der Waals surface area contributed by atoms with Crippen LogP contribution < -0.4 is 5.32 Å². The first-order valence-corrected chi connectivity index (χ1v) is 12.9. The highest BCUT2D eigenvalue weighted by Gasteiger charge is 2.41. The maximum atomic E-state index is 13.3.